The molecule has 14 heteroatoms. The normalized spacial score (nSPS) is 13.2. The zero-order chi connectivity index (χ0) is 40.5. The van der Waals surface area contributed by atoms with Crippen LogP contribution in [0.25, 0.3) is 0 Å². The number of urea groups is 2. The summed E-state index contributed by atoms with van der Waals surface area (Å²) in [4.78, 5) is 53.2. The first-order chi connectivity index (χ1) is 26.0. The highest BCUT2D eigenvalue weighted by atomic mass is 31.2. The number of benzene rings is 4. The topological polar surface area (TPSA) is 169 Å². The smallest absolute Gasteiger partial charge is 0.319 e. The molecule has 2 atom stereocenters. The van der Waals surface area contributed by atoms with Crippen LogP contribution < -0.4 is 31.9 Å². The van der Waals surface area contributed by atoms with Crippen molar-refractivity contribution in [1.29, 1.82) is 0 Å². The van der Waals surface area contributed by atoms with Gasteiger partial charge in [0.05, 0.1) is 19.8 Å². The van der Waals surface area contributed by atoms with E-state index in [9.17, 15) is 28.3 Å². The summed E-state index contributed by atoms with van der Waals surface area (Å²) >= 11 is 0. The van der Waals surface area contributed by atoms with E-state index in [1.165, 1.54) is 6.66 Å². The van der Waals surface area contributed by atoms with Crippen LogP contribution in [0.15, 0.2) is 72.8 Å². The Morgan fingerprint density at radius 1 is 0.600 bits per heavy atom. The summed E-state index contributed by atoms with van der Waals surface area (Å²) in [7, 11) is -7.33. The van der Waals surface area contributed by atoms with Crippen molar-refractivity contribution in [2.24, 2.45) is 0 Å². The first kappa shape index (κ1) is 42.9. The zero-order valence-electron chi connectivity index (χ0n) is 32.6. The van der Waals surface area contributed by atoms with E-state index in [0.717, 1.165) is 11.1 Å². The van der Waals surface area contributed by atoms with Crippen LogP contribution >= 0.6 is 14.5 Å². The van der Waals surface area contributed by atoms with Gasteiger partial charge in [0.1, 0.15) is 0 Å². The minimum Gasteiger partial charge on any atom is -0.378 e. The molecule has 0 aliphatic carbocycles. The van der Waals surface area contributed by atoms with Crippen LogP contribution in [-0.2, 0) is 18.4 Å². The van der Waals surface area contributed by atoms with E-state index in [1.807, 2.05) is 13.8 Å². The second-order valence-electron chi connectivity index (χ2n) is 13.3. The van der Waals surface area contributed by atoms with Crippen molar-refractivity contribution in [1.82, 2.24) is 10.6 Å². The van der Waals surface area contributed by atoms with Crippen molar-refractivity contribution in [2.45, 2.75) is 48.5 Å². The molecular formula is C41H50N4O8P2. The van der Waals surface area contributed by atoms with E-state index in [-0.39, 0.29) is 38.5 Å². The van der Waals surface area contributed by atoms with Gasteiger partial charge in [0.25, 0.3) is 5.52 Å². The van der Waals surface area contributed by atoms with Crippen LogP contribution in [-0.4, -0.2) is 62.7 Å². The van der Waals surface area contributed by atoms with Crippen LogP contribution in [0.1, 0.15) is 61.0 Å². The molecule has 0 saturated heterocycles. The van der Waals surface area contributed by atoms with Crippen LogP contribution in [0.2, 0.25) is 0 Å². The first-order valence-corrected chi connectivity index (χ1v) is 21.7. The zero-order valence-corrected chi connectivity index (χ0v) is 34.4. The van der Waals surface area contributed by atoms with Gasteiger partial charge in [-0.25, -0.2) is 9.59 Å². The van der Waals surface area contributed by atoms with E-state index >= 15 is 0 Å². The molecule has 4 aromatic rings. The lowest BCUT2D eigenvalue weighted by Crippen LogP contribution is -2.34. The van der Waals surface area contributed by atoms with Crippen LogP contribution in [0, 0.1) is 41.5 Å². The average Bonchev–Trinajstić information content (AvgIpc) is 3.15. The Balaban J connectivity index is 1.29. The molecule has 12 nitrogen and oxygen atoms in total. The third-order valence-electron chi connectivity index (χ3n) is 9.22. The van der Waals surface area contributed by atoms with Gasteiger partial charge in [-0.3, -0.25) is 14.2 Å². The minimum atomic E-state index is -3.93. The number of hydrogen-bond acceptors (Lipinski definition) is 8. The second-order valence-corrected chi connectivity index (χ2v) is 18.4. The first-order valence-electron chi connectivity index (χ1n) is 18.0. The van der Waals surface area contributed by atoms with Gasteiger partial charge in [-0.05, 0) is 94.0 Å². The molecule has 292 valence electrons. The lowest BCUT2D eigenvalue weighted by Gasteiger charge is -2.22. The molecule has 0 saturated carbocycles. The molecule has 2 unspecified atom stereocenters. The monoisotopic (exact) mass is 788 g/mol. The highest BCUT2D eigenvalue weighted by Crippen LogP contribution is 2.51. The van der Waals surface area contributed by atoms with Crippen molar-refractivity contribution in [3.63, 3.8) is 0 Å². The Kier molecular flexibility index (Phi) is 14.5. The molecule has 4 aromatic carbocycles. The molecule has 0 radical (unpaired) electrons. The van der Waals surface area contributed by atoms with Gasteiger partial charge >= 0.3 is 19.4 Å². The van der Waals surface area contributed by atoms with E-state index in [2.05, 4.69) is 21.3 Å². The number of carbonyl (C=O) groups excluding carboxylic acids is 4. The van der Waals surface area contributed by atoms with Gasteiger partial charge in [0.2, 0.25) is 5.52 Å². The third kappa shape index (κ3) is 9.88. The van der Waals surface area contributed by atoms with Crippen molar-refractivity contribution >= 4 is 59.6 Å². The fraction of sp³-hybridized carbons (Fsp3) is 0.317. The summed E-state index contributed by atoms with van der Waals surface area (Å²) in [5, 5.41) is 11.9. The Hall–Kier alpha value is -4.86. The van der Waals surface area contributed by atoms with Crippen LogP contribution in [0.3, 0.4) is 0 Å². The lowest BCUT2D eigenvalue weighted by molar-refractivity contribution is 0.105. The molecule has 0 aliphatic heterocycles. The predicted octanol–water partition coefficient (Wildman–Crippen LogP) is 7.74. The molecule has 4 N–H and O–H groups in total. The number of nitrogens with one attached hydrogen (secondary N) is 4. The molecule has 0 aliphatic rings. The number of hydrogen-bond donors (Lipinski definition) is 4. The van der Waals surface area contributed by atoms with Gasteiger partial charge in [0.15, 0.2) is 7.14 Å². The van der Waals surface area contributed by atoms with Gasteiger partial charge < -0.3 is 35.1 Å². The van der Waals surface area contributed by atoms with Crippen LogP contribution in [0.5, 0.6) is 0 Å². The van der Waals surface area contributed by atoms with E-state index in [4.69, 9.17) is 9.26 Å². The van der Waals surface area contributed by atoms with Crippen LogP contribution in [0.4, 0.5) is 21.0 Å². The molecule has 4 amide bonds. The molecule has 0 bridgehead atoms. The average molecular weight is 789 g/mol. The molecule has 0 fully saturated rings. The van der Waals surface area contributed by atoms with Crippen molar-refractivity contribution in [3.05, 3.63) is 117 Å². The standard InChI is InChI=1S/C41H50N4O8P2/c1-9-53-55(51,33-18-14-11-15-19-33)39(47)35-27(3)25-29(5)37(31(35)7)45-41(49)43-21-23-52-22-20-42-40(48)44-36-28(4)24-26(2)34(30(36)6)38(46)54(8,50)32-16-12-10-13-17-32/h10-19,24-25H,9,20-23H2,1-8H3,(H2,42,44,48)(H2,43,45,49). The maximum absolute atomic E-state index is 14.0. The highest BCUT2D eigenvalue weighted by molar-refractivity contribution is 7.87. The summed E-state index contributed by atoms with van der Waals surface area (Å²) in [6.45, 7) is 14.5. The summed E-state index contributed by atoms with van der Waals surface area (Å²) in [6, 6.07) is 19.6. The maximum atomic E-state index is 14.0. The largest absolute Gasteiger partial charge is 0.378 e. The molecule has 4 rings (SSSR count). The Morgan fingerprint density at radius 2 is 1.02 bits per heavy atom. The quantitative estimate of drug-likeness (QED) is 0.0661. The Bertz CT molecular complexity index is 2170. The summed E-state index contributed by atoms with van der Waals surface area (Å²) in [5.41, 5.74) is 4.14. The molecule has 55 heavy (non-hydrogen) atoms. The van der Waals surface area contributed by atoms with Gasteiger partial charge in [-0.2, -0.15) is 0 Å². The van der Waals surface area contributed by atoms with Gasteiger partial charge in [-0.1, -0.05) is 60.7 Å². The molecule has 0 heterocycles. The van der Waals surface area contributed by atoms with E-state index in [1.54, 1.807) is 107 Å². The molecule has 0 spiro atoms. The number of anilines is 2. The fourth-order valence-corrected chi connectivity index (χ4v) is 10.4. The summed E-state index contributed by atoms with van der Waals surface area (Å²) in [6.07, 6.45) is 0. The molecular weight excluding hydrogens is 738 g/mol. The van der Waals surface area contributed by atoms with Crippen molar-refractivity contribution in [3.8, 4) is 0 Å². The second kappa shape index (κ2) is 18.7. The van der Waals surface area contributed by atoms with Gasteiger partial charge in [0, 0.05) is 52.9 Å². The lowest BCUT2D eigenvalue weighted by atomic mass is 9.98. The predicted molar refractivity (Wildman–Crippen MR) is 220 cm³/mol. The minimum absolute atomic E-state index is 0.0816. The fourth-order valence-electron chi connectivity index (χ4n) is 6.55. The number of carbonyl (C=O) groups is 4. The van der Waals surface area contributed by atoms with Crippen molar-refractivity contribution < 1.29 is 37.6 Å². The SMILES string of the molecule is CCOP(=O)(C(=O)c1c(C)cc(C)c(NC(=O)NCCOCCNC(=O)Nc2c(C)cc(C)c(C(=O)P(C)(=O)c3ccccc3)c2C)c1C)c1ccccc1. The van der Waals surface area contributed by atoms with E-state index in [0.29, 0.717) is 49.8 Å². The summed E-state index contributed by atoms with van der Waals surface area (Å²) in [5.74, 6) is 0. The molecule has 0 aromatic heterocycles. The number of aryl methyl sites for hydroxylation is 4. The summed E-state index contributed by atoms with van der Waals surface area (Å²) < 4.78 is 38.9. The van der Waals surface area contributed by atoms with E-state index < -0.39 is 37.6 Å². The van der Waals surface area contributed by atoms with Crippen molar-refractivity contribution in [2.75, 3.05) is 50.2 Å². The number of ether oxygens (including phenoxy) is 1. The number of rotatable bonds is 16. The Labute approximate surface area is 323 Å². The Morgan fingerprint density at radius 3 is 1.45 bits per heavy atom. The maximum Gasteiger partial charge on any atom is 0.319 e. The number of amides is 4. The third-order valence-corrected chi connectivity index (χ3v) is 13.9. The van der Waals surface area contributed by atoms with Gasteiger partial charge in [-0.15, -0.1) is 0 Å². The highest BCUT2D eigenvalue weighted by Gasteiger charge is 2.38.